The average molecular weight is 411 g/mol. The van der Waals surface area contributed by atoms with Crippen LogP contribution in [0.2, 0.25) is 0 Å². The van der Waals surface area contributed by atoms with E-state index in [9.17, 15) is 19.5 Å². The normalized spacial score (nSPS) is 17.5. The fourth-order valence-electron chi connectivity index (χ4n) is 3.87. The zero-order chi connectivity index (χ0) is 21.6. The van der Waals surface area contributed by atoms with E-state index in [1.807, 2.05) is 0 Å². The smallest absolute Gasteiger partial charge is 0.322 e. The molecule has 9 heteroatoms. The molecule has 0 aromatic heterocycles. The quantitative estimate of drug-likeness (QED) is 0.748. The first-order valence-corrected chi connectivity index (χ1v) is 9.30. The van der Waals surface area contributed by atoms with Crippen molar-refractivity contribution in [2.75, 3.05) is 33.1 Å². The Labute approximate surface area is 172 Å². The fraction of sp³-hybridized carbons (Fsp3) is 0.286. The summed E-state index contributed by atoms with van der Waals surface area (Å²) < 4.78 is 10.7. The number of benzene rings is 2. The Hall–Kier alpha value is -3.59. The van der Waals surface area contributed by atoms with Gasteiger partial charge >= 0.3 is 6.03 Å². The summed E-state index contributed by atoms with van der Waals surface area (Å²) in [6.07, 6.45) is -0.947. The zero-order valence-corrected chi connectivity index (χ0v) is 16.8. The molecular weight excluding hydrogens is 390 g/mol. The van der Waals surface area contributed by atoms with Crippen molar-refractivity contribution in [1.29, 1.82) is 0 Å². The Bertz CT molecular complexity index is 1070. The van der Waals surface area contributed by atoms with Gasteiger partial charge in [-0.2, -0.15) is 0 Å². The summed E-state index contributed by atoms with van der Waals surface area (Å²) in [4.78, 5) is 39.5. The number of aliphatic hydroxyl groups excluding tert-OH is 1. The topological polar surface area (TPSA) is 108 Å². The van der Waals surface area contributed by atoms with Crippen LogP contribution in [0.15, 0.2) is 30.3 Å². The molecule has 156 valence electrons. The zero-order valence-electron chi connectivity index (χ0n) is 16.8. The van der Waals surface area contributed by atoms with Gasteiger partial charge in [-0.25, -0.2) is 4.79 Å². The third-order valence-corrected chi connectivity index (χ3v) is 5.42. The SMILES string of the molecule is COc1ccc(OC)c2c1CN(C(=O)Nc1ccc3c(c1)C(=O)N(C)C3=O)CC2O. The highest BCUT2D eigenvalue weighted by atomic mass is 16.5. The number of nitrogens with zero attached hydrogens (tertiary/aromatic N) is 2. The monoisotopic (exact) mass is 411 g/mol. The van der Waals surface area contributed by atoms with Crippen LogP contribution in [0, 0.1) is 0 Å². The van der Waals surface area contributed by atoms with Gasteiger partial charge in [0.05, 0.1) is 38.4 Å². The molecule has 2 aliphatic rings. The van der Waals surface area contributed by atoms with Gasteiger partial charge in [0.15, 0.2) is 0 Å². The second-order valence-electron chi connectivity index (χ2n) is 7.12. The number of nitrogens with one attached hydrogen (secondary N) is 1. The van der Waals surface area contributed by atoms with Crippen molar-refractivity contribution in [2.24, 2.45) is 0 Å². The van der Waals surface area contributed by atoms with Crippen LogP contribution in [0.1, 0.15) is 37.9 Å². The molecule has 0 aliphatic carbocycles. The molecule has 2 heterocycles. The summed E-state index contributed by atoms with van der Waals surface area (Å²) in [5.41, 5.74) is 2.20. The lowest BCUT2D eigenvalue weighted by atomic mass is 9.95. The van der Waals surface area contributed by atoms with Crippen LogP contribution in [0.5, 0.6) is 11.5 Å². The van der Waals surface area contributed by atoms with E-state index in [1.165, 1.54) is 38.3 Å². The van der Waals surface area contributed by atoms with Crippen molar-refractivity contribution in [3.63, 3.8) is 0 Å². The molecule has 2 aliphatic heterocycles. The Balaban J connectivity index is 1.58. The minimum atomic E-state index is -0.947. The van der Waals surface area contributed by atoms with Crippen LogP contribution in [0.4, 0.5) is 10.5 Å². The van der Waals surface area contributed by atoms with Crippen LogP contribution < -0.4 is 14.8 Å². The van der Waals surface area contributed by atoms with Gasteiger partial charge in [-0.15, -0.1) is 0 Å². The summed E-state index contributed by atoms with van der Waals surface area (Å²) in [5, 5.41) is 13.4. The number of carbonyl (C=O) groups excluding carboxylic acids is 3. The molecule has 1 atom stereocenters. The Morgan fingerprint density at radius 3 is 2.43 bits per heavy atom. The lowest BCUT2D eigenvalue weighted by Gasteiger charge is -2.34. The first-order chi connectivity index (χ1) is 14.3. The number of anilines is 1. The molecule has 0 bridgehead atoms. The number of urea groups is 1. The van der Waals surface area contributed by atoms with Crippen molar-refractivity contribution in [3.05, 3.63) is 52.6 Å². The number of imide groups is 1. The molecule has 0 saturated heterocycles. The maximum absolute atomic E-state index is 12.9. The van der Waals surface area contributed by atoms with Gasteiger partial charge in [0.2, 0.25) is 0 Å². The molecule has 1 unspecified atom stereocenters. The Morgan fingerprint density at radius 1 is 1.07 bits per heavy atom. The largest absolute Gasteiger partial charge is 0.496 e. The van der Waals surface area contributed by atoms with Crippen LogP contribution in [-0.4, -0.2) is 60.6 Å². The molecule has 9 nitrogen and oxygen atoms in total. The average Bonchev–Trinajstić information content (AvgIpc) is 2.96. The summed E-state index contributed by atoms with van der Waals surface area (Å²) in [7, 11) is 4.45. The molecule has 2 aromatic rings. The maximum atomic E-state index is 12.9. The Morgan fingerprint density at radius 2 is 1.73 bits per heavy atom. The van der Waals surface area contributed by atoms with E-state index in [1.54, 1.807) is 18.2 Å². The van der Waals surface area contributed by atoms with E-state index < -0.39 is 18.0 Å². The summed E-state index contributed by atoms with van der Waals surface area (Å²) >= 11 is 0. The van der Waals surface area contributed by atoms with E-state index in [-0.39, 0.29) is 24.6 Å². The third kappa shape index (κ3) is 3.03. The van der Waals surface area contributed by atoms with Gasteiger partial charge in [-0.1, -0.05) is 0 Å². The number of fused-ring (bicyclic) bond motifs is 2. The predicted molar refractivity (Wildman–Crippen MR) is 107 cm³/mol. The van der Waals surface area contributed by atoms with Crippen molar-refractivity contribution >= 4 is 23.5 Å². The second kappa shape index (κ2) is 7.34. The van der Waals surface area contributed by atoms with E-state index in [0.717, 1.165) is 4.90 Å². The van der Waals surface area contributed by atoms with Gasteiger partial charge in [-0.05, 0) is 30.3 Å². The van der Waals surface area contributed by atoms with E-state index >= 15 is 0 Å². The van der Waals surface area contributed by atoms with Gasteiger partial charge in [-0.3, -0.25) is 14.5 Å². The lowest BCUT2D eigenvalue weighted by molar-refractivity contribution is 0.0693. The standard InChI is InChI=1S/C21H21N3O6/c1-23-19(26)12-5-4-11(8-13(12)20(23)27)22-21(28)24-9-14-16(29-2)6-7-17(30-3)18(14)15(25)10-24/h4-8,15,25H,9-10H2,1-3H3,(H,22,28). The number of hydrogen-bond acceptors (Lipinski definition) is 6. The summed E-state index contributed by atoms with van der Waals surface area (Å²) in [6, 6.07) is 7.56. The molecule has 2 N–H and O–H groups in total. The van der Waals surface area contributed by atoms with E-state index in [0.29, 0.717) is 33.9 Å². The molecule has 0 radical (unpaired) electrons. The highest BCUT2D eigenvalue weighted by Gasteiger charge is 2.34. The highest BCUT2D eigenvalue weighted by molar-refractivity contribution is 6.21. The second-order valence-corrected chi connectivity index (χ2v) is 7.12. The van der Waals surface area contributed by atoms with Gasteiger partial charge in [0.1, 0.15) is 17.6 Å². The van der Waals surface area contributed by atoms with E-state index in [2.05, 4.69) is 5.32 Å². The van der Waals surface area contributed by atoms with Crippen LogP contribution in [0.25, 0.3) is 0 Å². The van der Waals surface area contributed by atoms with Crippen molar-refractivity contribution in [3.8, 4) is 11.5 Å². The number of hydrogen-bond donors (Lipinski definition) is 2. The number of ether oxygens (including phenoxy) is 2. The molecule has 2 aromatic carbocycles. The summed E-state index contributed by atoms with van der Waals surface area (Å²) in [5.74, 6) is 0.297. The number of carbonyl (C=O) groups is 3. The number of amides is 4. The molecular formula is C21H21N3O6. The molecule has 30 heavy (non-hydrogen) atoms. The van der Waals surface area contributed by atoms with Gasteiger partial charge in [0.25, 0.3) is 11.8 Å². The van der Waals surface area contributed by atoms with Crippen molar-refractivity contribution in [2.45, 2.75) is 12.6 Å². The first kappa shape index (κ1) is 19.7. The first-order valence-electron chi connectivity index (χ1n) is 9.30. The van der Waals surface area contributed by atoms with Crippen molar-refractivity contribution < 1.29 is 29.0 Å². The van der Waals surface area contributed by atoms with Gasteiger partial charge in [0, 0.05) is 23.9 Å². The van der Waals surface area contributed by atoms with Crippen LogP contribution in [0.3, 0.4) is 0 Å². The lowest BCUT2D eigenvalue weighted by Crippen LogP contribution is -2.41. The number of β-amino-alcohol motifs (C(OH)–C–C–N with tert-alkyl or cyclic N) is 1. The highest BCUT2D eigenvalue weighted by Crippen LogP contribution is 2.39. The minimum absolute atomic E-state index is 0.0630. The number of methoxy groups -OCH3 is 2. The fourth-order valence-corrected chi connectivity index (χ4v) is 3.87. The van der Waals surface area contributed by atoms with E-state index in [4.69, 9.17) is 9.47 Å². The molecule has 0 saturated carbocycles. The molecule has 0 spiro atoms. The number of rotatable bonds is 3. The van der Waals surface area contributed by atoms with Crippen LogP contribution >= 0.6 is 0 Å². The molecule has 0 fully saturated rings. The van der Waals surface area contributed by atoms with Crippen LogP contribution in [-0.2, 0) is 6.54 Å². The predicted octanol–water partition coefficient (Wildman–Crippen LogP) is 2.01. The molecule has 4 rings (SSSR count). The third-order valence-electron chi connectivity index (χ3n) is 5.42. The van der Waals surface area contributed by atoms with Crippen molar-refractivity contribution in [1.82, 2.24) is 9.80 Å². The van der Waals surface area contributed by atoms with Gasteiger partial charge < -0.3 is 24.8 Å². The maximum Gasteiger partial charge on any atom is 0.322 e. The number of aliphatic hydroxyl groups is 1. The minimum Gasteiger partial charge on any atom is -0.496 e. The summed E-state index contributed by atoms with van der Waals surface area (Å²) in [6.45, 7) is 0.275. The molecule has 4 amide bonds. The Kier molecular flexibility index (Phi) is 4.83.